The summed E-state index contributed by atoms with van der Waals surface area (Å²) in [6.07, 6.45) is 4.45. The summed E-state index contributed by atoms with van der Waals surface area (Å²) in [5, 5.41) is 0. The van der Waals surface area contributed by atoms with E-state index >= 15 is 0 Å². The van der Waals surface area contributed by atoms with Crippen molar-refractivity contribution in [1.82, 2.24) is 0 Å². The fourth-order valence-corrected chi connectivity index (χ4v) is 2.96. The number of fused-ring (bicyclic) bond motifs is 1. The van der Waals surface area contributed by atoms with Crippen LogP contribution in [-0.4, -0.2) is 12.8 Å². The molecule has 1 heterocycles. The first-order chi connectivity index (χ1) is 9.79. The van der Waals surface area contributed by atoms with Gasteiger partial charge in [0.05, 0.1) is 5.69 Å². The van der Waals surface area contributed by atoms with Gasteiger partial charge < -0.3 is 4.90 Å². The molecule has 2 aromatic carbocycles. The Morgan fingerprint density at radius 2 is 1.90 bits per heavy atom. The molecule has 20 heavy (non-hydrogen) atoms. The van der Waals surface area contributed by atoms with Crippen LogP contribution in [0.2, 0.25) is 0 Å². The quantitative estimate of drug-likeness (QED) is 0.755. The molecule has 0 aromatic heterocycles. The molecular formula is C18H19NO. The molecule has 2 heteroatoms. The lowest BCUT2D eigenvalue weighted by atomic mass is 10.1. The lowest BCUT2D eigenvalue weighted by Crippen LogP contribution is -2.19. The summed E-state index contributed by atoms with van der Waals surface area (Å²) in [6, 6.07) is 14.6. The number of hydrogen-bond donors (Lipinski definition) is 0. The van der Waals surface area contributed by atoms with Crippen LogP contribution in [0.15, 0.2) is 42.5 Å². The minimum Gasteiger partial charge on any atom is -0.341 e. The van der Waals surface area contributed by atoms with Crippen LogP contribution in [-0.2, 0) is 6.42 Å². The topological polar surface area (TPSA) is 20.3 Å². The highest BCUT2D eigenvalue weighted by atomic mass is 16.1. The fourth-order valence-electron chi connectivity index (χ4n) is 2.96. The first-order valence-corrected chi connectivity index (χ1v) is 7.21. The molecule has 1 aliphatic heterocycles. The van der Waals surface area contributed by atoms with Crippen LogP contribution < -0.4 is 4.90 Å². The number of nitrogens with zero attached hydrogens (tertiary/aromatic N) is 1. The summed E-state index contributed by atoms with van der Waals surface area (Å²) >= 11 is 0. The van der Waals surface area contributed by atoms with Gasteiger partial charge in [0.25, 0.3) is 0 Å². The molecule has 2 nitrogen and oxygen atoms in total. The molecule has 0 saturated carbocycles. The minimum atomic E-state index is 0.779. The molecule has 0 amide bonds. The van der Waals surface area contributed by atoms with E-state index < -0.39 is 0 Å². The summed E-state index contributed by atoms with van der Waals surface area (Å²) in [6.45, 7) is 2.99. The fraction of sp³-hybridized carbons (Fsp3) is 0.278. The van der Waals surface area contributed by atoms with Crippen LogP contribution in [0.4, 0.5) is 11.4 Å². The van der Waals surface area contributed by atoms with Gasteiger partial charge in [-0.1, -0.05) is 29.8 Å². The number of carbonyl (C=O) groups excluding carboxylic acids is 1. The Hall–Kier alpha value is -2.09. The largest absolute Gasteiger partial charge is 0.341 e. The van der Waals surface area contributed by atoms with Gasteiger partial charge in [-0.3, -0.25) is 4.79 Å². The maximum Gasteiger partial charge on any atom is 0.152 e. The molecule has 0 saturated heterocycles. The molecule has 102 valence electrons. The van der Waals surface area contributed by atoms with Crippen molar-refractivity contribution in [3.63, 3.8) is 0 Å². The van der Waals surface area contributed by atoms with Crippen LogP contribution >= 0.6 is 0 Å². The molecule has 1 aliphatic rings. The third kappa shape index (κ3) is 2.34. The Bertz CT molecular complexity index is 633. The van der Waals surface area contributed by atoms with Crippen molar-refractivity contribution in [1.29, 1.82) is 0 Å². The Labute approximate surface area is 120 Å². The van der Waals surface area contributed by atoms with Crippen LogP contribution in [0.25, 0.3) is 0 Å². The normalized spacial score (nSPS) is 14.6. The van der Waals surface area contributed by atoms with Crippen molar-refractivity contribution in [2.45, 2.75) is 26.2 Å². The molecule has 3 rings (SSSR count). The molecule has 0 bridgehead atoms. The zero-order chi connectivity index (χ0) is 13.9. The van der Waals surface area contributed by atoms with Crippen LogP contribution in [0.5, 0.6) is 0 Å². The lowest BCUT2D eigenvalue weighted by Gasteiger charge is -2.26. The maximum absolute atomic E-state index is 11.4. The molecule has 0 N–H and O–H groups in total. The monoisotopic (exact) mass is 265 g/mol. The van der Waals surface area contributed by atoms with Crippen molar-refractivity contribution < 1.29 is 4.79 Å². The van der Waals surface area contributed by atoms with Crippen molar-refractivity contribution in [3.8, 4) is 0 Å². The Kier molecular flexibility index (Phi) is 3.55. The predicted molar refractivity (Wildman–Crippen MR) is 83.0 cm³/mol. The summed E-state index contributed by atoms with van der Waals surface area (Å²) in [4.78, 5) is 13.7. The molecule has 0 atom stereocenters. The van der Waals surface area contributed by atoms with Gasteiger partial charge in [-0.15, -0.1) is 0 Å². The van der Waals surface area contributed by atoms with E-state index in [1.807, 2.05) is 13.0 Å². The highest BCUT2D eigenvalue weighted by Gasteiger charge is 2.18. The lowest BCUT2D eigenvalue weighted by molar-refractivity contribution is 0.112. The van der Waals surface area contributed by atoms with Gasteiger partial charge in [0.1, 0.15) is 0 Å². The third-order valence-electron chi connectivity index (χ3n) is 3.96. The Balaban J connectivity index is 2.12. The van der Waals surface area contributed by atoms with E-state index in [-0.39, 0.29) is 0 Å². The number of carbonyl (C=O) groups is 1. The van der Waals surface area contributed by atoms with Crippen LogP contribution in [0.3, 0.4) is 0 Å². The van der Waals surface area contributed by atoms with Gasteiger partial charge in [-0.05, 0) is 49.9 Å². The van der Waals surface area contributed by atoms with E-state index in [1.165, 1.54) is 17.7 Å². The highest BCUT2D eigenvalue weighted by molar-refractivity contribution is 5.87. The van der Waals surface area contributed by atoms with E-state index in [0.29, 0.717) is 0 Å². The third-order valence-corrected chi connectivity index (χ3v) is 3.96. The van der Waals surface area contributed by atoms with Gasteiger partial charge in [0, 0.05) is 17.8 Å². The molecule has 0 spiro atoms. The predicted octanol–water partition coefficient (Wildman–Crippen LogP) is 4.28. The number of hydrogen-bond acceptors (Lipinski definition) is 2. The Morgan fingerprint density at radius 1 is 1.05 bits per heavy atom. The molecule has 0 fully saturated rings. The second kappa shape index (κ2) is 5.49. The summed E-state index contributed by atoms with van der Waals surface area (Å²) in [5.74, 6) is 0. The van der Waals surface area contributed by atoms with Gasteiger partial charge in [0.15, 0.2) is 6.29 Å². The van der Waals surface area contributed by atoms with Crippen molar-refractivity contribution in [2.75, 3.05) is 11.4 Å². The molecule has 0 aliphatic carbocycles. The number of aldehydes is 1. The summed E-state index contributed by atoms with van der Waals surface area (Å²) in [7, 11) is 0. The van der Waals surface area contributed by atoms with Crippen LogP contribution in [0.1, 0.15) is 34.3 Å². The minimum absolute atomic E-state index is 0.779. The number of anilines is 2. The van der Waals surface area contributed by atoms with Gasteiger partial charge in [-0.25, -0.2) is 0 Å². The van der Waals surface area contributed by atoms with E-state index in [2.05, 4.69) is 41.3 Å². The Morgan fingerprint density at radius 3 is 2.75 bits per heavy atom. The zero-order valence-corrected chi connectivity index (χ0v) is 11.8. The number of benzene rings is 2. The SMILES string of the molecule is Cc1ccc(N2CCCCc3ccccc32)c(C=O)c1. The number of para-hydroxylation sites is 1. The smallest absolute Gasteiger partial charge is 0.152 e. The average molecular weight is 265 g/mol. The van der Waals surface area contributed by atoms with Gasteiger partial charge in [-0.2, -0.15) is 0 Å². The second-order valence-corrected chi connectivity index (χ2v) is 5.42. The summed E-state index contributed by atoms with van der Waals surface area (Å²) < 4.78 is 0. The van der Waals surface area contributed by atoms with Crippen molar-refractivity contribution in [3.05, 3.63) is 59.2 Å². The standard InChI is InChI=1S/C18H19NO/c1-14-9-10-18(16(12-14)13-20)19-11-5-4-7-15-6-2-3-8-17(15)19/h2-3,6,8-10,12-13H,4-5,7,11H2,1H3. The van der Waals surface area contributed by atoms with Crippen molar-refractivity contribution >= 4 is 17.7 Å². The highest BCUT2D eigenvalue weighted by Crippen LogP contribution is 2.34. The second-order valence-electron chi connectivity index (χ2n) is 5.42. The molecule has 0 radical (unpaired) electrons. The van der Waals surface area contributed by atoms with Crippen molar-refractivity contribution in [2.24, 2.45) is 0 Å². The van der Waals surface area contributed by atoms with E-state index in [1.54, 1.807) is 0 Å². The van der Waals surface area contributed by atoms with E-state index in [0.717, 1.165) is 42.5 Å². The number of rotatable bonds is 2. The average Bonchev–Trinajstić information content (AvgIpc) is 2.69. The summed E-state index contributed by atoms with van der Waals surface area (Å²) in [5.41, 5.74) is 5.56. The molecule has 0 unspecified atom stereocenters. The zero-order valence-electron chi connectivity index (χ0n) is 11.8. The van der Waals surface area contributed by atoms with Crippen LogP contribution in [0, 0.1) is 6.92 Å². The first-order valence-electron chi connectivity index (χ1n) is 7.21. The van der Waals surface area contributed by atoms with Gasteiger partial charge >= 0.3 is 0 Å². The van der Waals surface area contributed by atoms with E-state index in [9.17, 15) is 4.79 Å². The van der Waals surface area contributed by atoms with E-state index in [4.69, 9.17) is 0 Å². The molecular weight excluding hydrogens is 246 g/mol. The first kappa shape index (κ1) is 12.9. The molecule has 2 aromatic rings. The maximum atomic E-state index is 11.4. The van der Waals surface area contributed by atoms with Gasteiger partial charge in [0.2, 0.25) is 0 Å². The number of aryl methyl sites for hydroxylation is 2.